The molecule has 2 aromatic rings. The molecule has 3 heterocycles. The number of rotatable bonds is 1. The maximum atomic E-state index is 6.16. The van der Waals surface area contributed by atoms with Gasteiger partial charge in [-0.3, -0.25) is 9.38 Å². The summed E-state index contributed by atoms with van der Waals surface area (Å²) < 4.78 is 1.93. The molecule has 0 aliphatic carbocycles. The summed E-state index contributed by atoms with van der Waals surface area (Å²) >= 11 is 8.08. The summed E-state index contributed by atoms with van der Waals surface area (Å²) in [7, 11) is 0. The van der Waals surface area contributed by atoms with Gasteiger partial charge in [0, 0.05) is 0 Å². The lowest BCUT2D eigenvalue weighted by Gasteiger charge is -2.20. The second-order valence-electron chi connectivity index (χ2n) is 4.13. The van der Waals surface area contributed by atoms with Gasteiger partial charge in [0.25, 0.3) is 0 Å². The topological polar surface area (TPSA) is 43.1 Å². The van der Waals surface area contributed by atoms with E-state index in [1.807, 2.05) is 16.2 Å². The van der Waals surface area contributed by atoms with Crippen LogP contribution in [0, 0.1) is 0 Å². The molecule has 16 heavy (non-hydrogen) atoms. The Morgan fingerprint density at radius 2 is 2.31 bits per heavy atom. The van der Waals surface area contributed by atoms with Crippen molar-refractivity contribution in [1.82, 2.24) is 19.6 Å². The molecular formula is C10H11ClN4S. The van der Waals surface area contributed by atoms with Gasteiger partial charge in [-0.1, -0.05) is 11.6 Å². The number of hydrogen-bond acceptors (Lipinski definition) is 4. The molecule has 4 nitrogen and oxygen atoms in total. The monoisotopic (exact) mass is 254 g/mol. The summed E-state index contributed by atoms with van der Waals surface area (Å²) in [5, 5.41) is 8.97. The van der Waals surface area contributed by atoms with Crippen LogP contribution < -0.4 is 0 Å². The lowest BCUT2D eigenvalue weighted by Crippen LogP contribution is -2.17. The van der Waals surface area contributed by atoms with Gasteiger partial charge in [-0.05, 0) is 25.5 Å². The van der Waals surface area contributed by atoms with Gasteiger partial charge in [-0.25, -0.2) is 0 Å². The van der Waals surface area contributed by atoms with Crippen LogP contribution >= 0.6 is 23.4 Å². The molecule has 1 fully saturated rings. The van der Waals surface area contributed by atoms with E-state index in [2.05, 4.69) is 22.1 Å². The summed E-state index contributed by atoms with van der Waals surface area (Å²) in [6.45, 7) is 2.21. The smallest absolute Gasteiger partial charge is 0.180 e. The zero-order valence-electron chi connectivity index (χ0n) is 8.85. The van der Waals surface area contributed by atoms with Crippen molar-refractivity contribution in [1.29, 1.82) is 0 Å². The standard InChI is InChI=1S/C10H11ClN4S/c1-10(3-2-4-16-10)9-14-13-8-6-12-5-7(11)15(8)9/h5-6H,2-4H2,1H3. The van der Waals surface area contributed by atoms with Crippen molar-refractivity contribution in [2.45, 2.75) is 24.5 Å². The molecule has 1 atom stereocenters. The van der Waals surface area contributed by atoms with Gasteiger partial charge in [0.15, 0.2) is 11.5 Å². The van der Waals surface area contributed by atoms with Crippen LogP contribution in [0.15, 0.2) is 12.4 Å². The number of fused-ring (bicyclic) bond motifs is 1. The highest BCUT2D eigenvalue weighted by Crippen LogP contribution is 2.45. The van der Waals surface area contributed by atoms with E-state index in [-0.39, 0.29) is 4.75 Å². The maximum absolute atomic E-state index is 6.16. The Hall–Kier alpha value is -0.810. The largest absolute Gasteiger partial charge is 0.265 e. The van der Waals surface area contributed by atoms with Crippen molar-refractivity contribution in [3.63, 3.8) is 0 Å². The van der Waals surface area contributed by atoms with Crippen LogP contribution in [0.5, 0.6) is 0 Å². The molecule has 0 aromatic carbocycles. The Morgan fingerprint density at radius 3 is 3.06 bits per heavy atom. The SMILES string of the molecule is CC1(c2nnc3cncc(Cl)n23)CCCS1. The Morgan fingerprint density at radius 1 is 1.44 bits per heavy atom. The molecule has 0 spiro atoms. The van der Waals surface area contributed by atoms with Crippen LogP contribution in [0.25, 0.3) is 5.65 Å². The minimum absolute atomic E-state index is 0.0322. The molecule has 0 radical (unpaired) electrons. The lowest BCUT2D eigenvalue weighted by atomic mass is 10.1. The lowest BCUT2D eigenvalue weighted by molar-refractivity contribution is 0.597. The van der Waals surface area contributed by atoms with Crippen LogP contribution in [0.2, 0.25) is 5.15 Å². The molecule has 0 bridgehead atoms. The van der Waals surface area contributed by atoms with E-state index in [1.165, 1.54) is 12.2 Å². The Bertz CT molecular complexity index is 533. The van der Waals surface area contributed by atoms with Crippen molar-refractivity contribution in [3.8, 4) is 0 Å². The van der Waals surface area contributed by atoms with Crippen molar-refractivity contribution in [3.05, 3.63) is 23.4 Å². The van der Waals surface area contributed by atoms with E-state index < -0.39 is 0 Å². The van der Waals surface area contributed by atoms with E-state index in [0.29, 0.717) is 5.15 Å². The zero-order chi connectivity index (χ0) is 11.2. The highest BCUT2D eigenvalue weighted by molar-refractivity contribution is 8.00. The van der Waals surface area contributed by atoms with Crippen LogP contribution in [0.4, 0.5) is 0 Å². The van der Waals surface area contributed by atoms with Gasteiger partial charge in [0.1, 0.15) is 5.15 Å². The highest BCUT2D eigenvalue weighted by Gasteiger charge is 2.36. The van der Waals surface area contributed by atoms with Crippen molar-refractivity contribution in [2.24, 2.45) is 0 Å². The van der Waals surface area contributed by atoms with Crippen molar-refractivity contribution < 1.29 is 0 Å². The number of nitrogens with zero attached hydrogens (tertiary/aromatic N) is 4. The third-order valence-corrected chi connectivity index (χ3v) is 4.75. The summed E-state index contributed by atoms with van der Waals surface area (Å²) in [5.74, 6) is 2.12. The fourth-order valence-corrected chi connectivity index (χ4v) is 3.62. The molecular weight excluding hydrogens is 244 g/mol. The third kappa shape index (κ3) is 1.42. The number of thioether (sulfide) groups is 1. The summed E-state index contributed by atoms with van der Waals surface area (Å²) in [6.07, 6.45) is 5.66. The first-order chi connectivity index (χ1) is 7.71. The van der Waals surface area contributed by atoms with Crippen LogP contribution in [-0.4, -0.2) is 25.3 Å². The van der Waals surface area contributed by atoms with Crippen molar-refractivity contribution in [2.75, 3.05) is 5.75 Å². The average molecular weight is 255 g/mol. The minimum Gasteiger partial charge on any atom is -0.265 e. The molecule has 0 amide bonds. The zero-order valence-corrected chi connectivity index (χ0v) is 10.4. The number of aromatic nitrogens is 4. The van der Waals surface area contributed by atoms with E-state index in [9.17, 15) is 0 Å². The van der Waals surface area contributed by atoms with E-state index in [1.54, 1.807) is 12.4 Å². The maximum Gasteiger partial charge on any atom is 0.180 e. The number of hydrogen-bond donors (Lipinski definition) is 0. The van der Waals surface area contributed by atoms with Crippen LogP contribution in [0.3, 0.4) is 0 Å². The van der Waals surface area contributed by atoms with Gasteiger partial charge in [-0.2, -0.15) is 0 Å². The third-order valence-electron chi connectivity index (χ3n) is 2.96. The molecule has 84 valence electrons. The van der Waals surface area contributed by atoms with Gasteiger partial charge >= 0.3 is 0 Å². The van der Waals surface area contributed by atoms with Crippen LogP contribution in [0.1, 0.15) is 25.6 Å². The van der Waals surface area contributed by atoms with Gasteiger partial charge < -0.3 is 0 Å². The molecule has 0 saturated carbocycles. The van der Waals surface area contributed by atoms with Gasteiger partial charge in [0.05, 0.1) is 17.1 Å². The van der Waals surface area contributed by atoms with Crippen molar-refractivity contribution >= 4 is 29.0 Å². The normalized spacial score (nSPS) is 25.4. The summed E-state index contributed by atoms with van der Waals surface area (Å²) in [4.78, 5) is 4.01. The predicted octanol–water partition coefficient (Wildman–Crippen LogP) is 2.52. The fraction of sp³-hybridized carbons (Fsp3) is 0.500. The molecule has 1 aliphatic rings. The predicted molar refractivity (Wildman–Crippen MR) is 64.8 cm³/mol. The van der Waals surface area contributed by atoms with E-state index >= 15 is 0 Å². The molecule has 3 rings (SSSR count). The van der Waals surface area contributed by atoms with E-state index in [4.69, 9.17) is 11.6 Å². The highest BCUT2D eigenvalue weighted by atomic mass is 35.5. The first-order valence-corrected chi connectivity index (χ1v) is 6.56. The second kappa shape index (κ2) is 3.60. The first-order valence-electron chi connectivity index (χ1n) is 5.20. The van der Waals surface area contributed by atoms with Gasteiger partial charge in [0.2, 0.25) is 0 Å². The summed E-state index contributed by atoms with van der Waals surface area (Å²) in [5.41, 5.74) is 0.719. The van der Waals surface area contributed by atoms with Crippen LogP contribution in [-0.2, 0) is 4.75 Å². The molecule has 2 aromatic heterocycles. The number of halogens is 1. The Labute approximate surface area is 102 Å². The first kappa shape index (κ1) is 10.4. The second-order valence-corrected chi connectivity index (χ2v) is 6.12. The Balaban J connectivity index is 2.24. The van der Waals surface area contributed by atoms with Gasteiger partial charge in [-0.15, -0.1) is 22.0 Å². The molecule has 6 heteroatoms. The average Bonchev–Trinajstić information content (AvgIpc) is 2.85. The Kier molecular flexibility index (Phi) is 2.33. The quantitative estimate of drug-likeness (QED) is 0.784. The molecule has 0 N–H and O–H groups in total. The molecule has 1 aliphatic heterocycles. The molecule has 1 unspecified atom stereocenters. The fourth-order valence-electron chi connectivity index (χ4n) is 2.11. The minimum atomic E-state index is 0.0322. The van der Waals surface area contributed by atoms with E-state index in [0.717, 1.165) is 17.9 Å². The summed E-state index contributed by atoms with van der Waals surface area (Å²) in [6, 6.07) is 0. The molecule has 1 saturated heterocycles.